The average Bonchev–Trinajstić information content (AvgIpc) is 3.37. The smallest absolute Gasteiger partial charge is 0.254 e. The van der Waals surface area contributed by atoms with Crippen LogP contribution < -0.4 is 5.32 Å². The Morgan fingerprint density at radius 3 is 2.52 bits per heavy atom. The highest BCUT2D eigenvalue weighted by atomic mass is 32.2. The van der Waals surface area contributed by atoms with Crippen LogP contribution in [0.15, 0.2) is 17.3 Å². The number of nitrogens with zero attached hydrogens (tertiary/aromatic N) is 5. The van der Waals surface area contributed by atoms with Crippen LogP contribution in [0.4, 0.5) is 0 Å². The van der Waals surface area contributed by atoms with E-state index in [0.29, 0.717) is 42.2 Å². The van der Waals surface area contributed by atoms with Crippen LogP contribution in [-0.4, -0.2) is 51.0 Å². The number of sulfonamides is 1. The van der Waals surface area contributed by atoms with Crippen LogP contribution in [0.25, 0.3) is 0 Å². The Bertz CT molecular complexity index is 1070. The van der Waals surface area contributed by atoms with Crippen LogP contribution in [0.1, 0.15) is 78.6 Å². The summed E-state index contributed by atoms with van der Waals surface area (Å²) >= 11 is 0. The Morgan fingerprint density at radius 1 is 1.10 bits per heavy atom. The number of hydrogen-bond donors (Lipinski definition) is 1. The second-order valence-electron chi connectivity index (χ2n) is 8.52. The van der Waals surface area contributed by atoms with Crippen molar-refractivity contribution in [2.45, 2.75) is 75.8 Å². The summed E-state index contributed by atoms with van der Waals surface area (Å²) in [5.74, 6) is 0.301. The highest BCUT2D eigenvalue weighted by Gasteiger charge is 2.40. The van der Waals surface area contributed by atoms with Crippen molar-refractivity contribution < 1.29 is 13.2 Å². The molecular formula is C21H30N6O3S. The average molecular weight is 447 g/mol. The summed E-state index contributed by atoms with van der Waals surface area (Å²) in [5.41, 5.74) is 1.44. The molecule has 3 heterocycles. The van der Waals surface area contributed by atoms with E-state index in [4.69, 9.17) is 0 Å². The zero-order valence-electron chi connectivity index (χ0n) is 18.3. The SMILES string of the molecule is Cc1ncc(C(=O)NC2CCCCC2)c(C2CCCN2S(=O)(=O)c2cnn(C)c2C)n1. The van der Waals surface area contributed by atoms with E-state index in [2.05, 4.69) is 20.4 Å². The first kappa shape index (κ1) is 21.9. The number of hydrogen-bond acceptors (Lipinski definition) is 6. The minimum atomic E-state index is -3.77. The highest BCUT2D eigenvalue weighted by Crippen LogP contribution is 2.37. The molecule has 1 aliphatic carbocycles. The molecule has 1 saturated heterocycles. The minimum absolute atomic E-state index is 0.150. The van der Waals surface area contributed by atoms with Gasteiger partial charge in [-0.3, -0.25) is 9.48 Å². The molecule has 1 N–H and O–H groups in total. The van der Waals surface area contributed by atoms with Gasteiger partial charge in [0.2, 0.25) is 10.0 Å². The fourth-order valence-electron chi connectivity index (χ4n) is 4.59. The lowest BCUT2D eigenvalue weighted by molar-refractivity contribution is 0.0924. The highest BCUT2D eigenvalue weighted by molar-refractivity contribution is 7.89. The Labute approximate surface area is 183 Å². The molecule has 9 nitrogen and oxygen atoms in total. The summed E-state index contributed by atoms with van der Waals surface area (Å²) < 4.78 is 29.9. The van der Waals surface area contributed by atoms with Gasteiger partial charge in [0.15, 0.2) is 0 Å². The van der Waals surface area contributed by atoms with Crippen LogP contribution >= 0.6 is 0 Å². The van der Waals surface area contributed by atoms with Gasteiger partial charge in [0.1, 0.15) is 10.7 Å². The standard InChI is InChI=1S/C21H30N6O3S/c1-14-19(13-23-26(14)3)31(29,30)27-11-7-10-18(27)20-17(12-22-15(2)24-20)21(28)25-16-8-5-4-6-9-16/h12-13,16,18H,4-11H2,1-3H3,(H,25,28). The molecular weight excluding hydrogens is 416 g/mol. The maximum absolute atomic E-state index is 13.5. The van der Waals surface area contributed by atoms with Gasteiger partial charge in [-0.2, -0.15) is 9.40 Å². The largest absolute Gasteiger partial charge is 0.349 e. The summed E-state index contributed by atoms with van der Waals surface area (Å²) in [6.45, 7) is 3.88. The third kappa shape index (κ3) is 4.23. The Kier molecular flexibility index (Phi) is 6.11. The number of rotatable bonds is 5. The van der Waals surface area contributed by atoms with Gasteiger partial charge in [-0.05, 0) is 39.5 Å². The molecule has 0 bridgehead atoms. The summed E-state index contributed by atoms with van der Waals surface area (Å²) in [6.07, 6.45) is 9.61. The Morgan fingerprint density at radius 2 is 1.84 bits per heavy atom. The zero-order chi connectivity index (χ0) is 22.2. The minimum Gasteiger partial charge on any atom is -0.349 e. The molecule has 1 saturated carbocycles. The van der Waals surface area contributed by atoms with Crippen LogP contribution in [0.5, 0.6) is 0 Å². The zero-order valence-corrected chi connectivity index (χ0v) is 19.2. The Balaban J connectivity index is 1.67. The van der Waals surface area contributed by atoms with E-state index in [9.17, 15) is 13.2 Å². The monoisotopic (exact) mass is 446 g/mol. The lowest BCUT2D eigenvalue weighted by atomic mass is 9.95. The Hall–Kier alpha value is -2.33. The van der Waals surface area contributed by atoms with Crippen LogP contribution in [0.2, 0.25) is 0 Å². The molecule has 0 radical (unpaired) electrons. The lowest BCUT2D eigenvalue weighted by Crippen LogP contribution is -2.38. The second kappa shape index (κ2) is 8.66. The van der Waals surface area contributed by atoms with E-state index in [1.807, 2.05) is 0 Å². The quantitative estimate of drug-likeness (QED) is 0.755. The van der Waals surface area contributed by atoms with Gasteiger partial charge >= 0.3 is 0 Å². The molecule has 2 aromatic heterocycles. The molecule has 0 aromatic carbocycles. The molecule has 2 aliphatic rings. The second-order valence-corrected chi connectivity index (χ2v) is 10.4. The van der Waals surface area contributed by atoms with Crippen molar-refractivity contribution in [1.82, 2.24) is 29.4 Å². The van der Waals surface area contributed by atoms with Crippen molar-refractivity contribution in [2.24, 2.45) is 7.05 Å². The molecule has 1 aliphatic heterocycles. The predicted octanol–water partition coefficient (Wildman–Crippen LogP) is 2.42. The molecule has 0 spiro atoms. The van der Waals surface area contributed by atoms with Gasteiger partial charge in [0, 0.05) is 25.8 Å². The summed E-state index contributed by atoms with van der Waals surface area (Å²) in [5, 5.41) is 7.21. The third-order valence-corrected chi connectivity index (χ3v) is 8.43. The molecule has 10 heteroatoms. The molecule has 31 heavy (non-hydrogen) atoms. The third-order valence-electron chi connectivity index (χ3n) is 6.42. The van der Waals surface area contributed by atoms with Crippen LogP contribution in [0, 0.1) is 13.8 Å². The van der Waals surface area contributed by atoms with Crippen LogP contribution in [-0.2, 0) is 17.1 Å². The van der Waals surface area contributed by atoms with Gasteiger partial charge in [-0.15, -0.1) is 0 Å². The van der Waals surface area contributed by atoms with Gasteiger partial charge in [0.05, 0.1) is 29.2 Å². The van der Waals surface area contributed by atoms with Crippen molar-refractivity contribution in [1.29, 1.82) is 0 Å². The first-order valence-corrected chi connectivity index (χ1v) is 12.4. The summed E-state index contributed by atoms with van der Waals surface area (Å²) in [7, 11) is -2.05. The van der Waals surface area contributed by atoms with Gasteiger partial charge in [-0.1, -0.05) is 19.3 Å². The molecule has 2 fully saturated rings. The first-order valence-electron chi connectivity index (χ1n) is 10.9. The van der Waals surface area contributed by atoms with E-state index in [0.717, 1.165) is 25.7 Å². The molecule has 1 unspecified atom stereocenters. The van der Waals surface area contributed by atoms with Crippen molar-refractivity contribution in [2.75, 3.05) is 6.54 Å². The van der Waals surface area contributed by atoms with Crippen LogP contribution in [0.3, 0.4) is 0 Å². The first-order chi connectivity index (χ1) is 14.8. The summed E-state index contributed by atoms with van der Waals surface area (Å²) in [4.78, 5) is 22.1. The summed E-state index contributed by atoms with van der Waals surface area (Å²) in [6, 6.07) is -0.352. The van der Waals surface area contributed by atoms with E-state index in [1.54, 1.807) is 25.6 Å². The molecule has 2 aromatic rings. The molecule has 1 amide bonds. The van der Waals surface area contributed by atoms with E-state index in [-0.39, 0.29) is 16.8 Å². The number of amides is 1. The number of nitrogens with one attached hydrogen (secondary N) is 1. The lowest BCUT2D eigenvalue weighted by Gasteiger charge is -2.26. The predicted molar refractivity (Wildman–Crippen MR) is 115 cm³/mol. The van der Waals surface area contributed by atoms with Gasteiger partial charge in [-0.25, -0.2) is 18.4 Å². The fourth-order valence-corrected chi connectivity index (χ4v) is 6.43. The fraction of sp³-hybridized carbons (Fsp3) is 0.619. The molecule has 168 valence electrons. The van der Waals surface area contributed by atoms with Gasteiger partial charge in [0.25, 0.3) is 5.91 Å². The van der Waals surface area contributed by atoms with Crippen molar-refractivity contribution in [3.8, 4) is 0 Å². The van der Waals surface area contributed by atoms with Crippen molar-refractivity contribution >= 4 is 15.9 Å². The molecule has 4 rings (SSSR count). The van der Waals surface area contributed by atoms with Crippen molar-refractivity contribution in [3.63, 3.8) is 0 Å². The topological polar surface area (TPSA) is 110 Å². The number of aromatic nitrogens is 4. The van der Waals surface area contributed by atoms with E-state index < -0.39 is 16.1 Å². The number of aryl methyl sites for hydroxylation is 2. The van der Waals surface area contributed by atoms with E-state index in [1.165, 1.54) is 23.1 Å². The van der Waals surface area contributed by atoms with Gasteiger partial charge < -0.3 is 5.32 Å². The maximum Gasteiger partial charge on any atom is 0.254 e. The molecule has 1 atom stereocenters. The maximum atomic E-state index is 13.5. The van der Waals surface area contributed by atoms with E-state index >= 15 is 0 Å². The van der Waals surface area contributed by atoms with Crippen molar-refractivity contribution in [3.05, 3.63) is 35.2 Å². The number of carbonyl (C=O) groups excluding carboxylic acids is 1. The number of carbonyl (C=O) groups is 1. The normalized spacial score (nSPS) is 20.8.